The molecule has 0 fully saturated rings. The van der Waals surface area contributed by atoms with Gasteiger partial charge < -0.3 is 9.47 Å². The predicted octanol–water partition coefficient (Wildman–Crippen LogP) is 2.45. The van der Waals surface area contributed by atoms with E-state index in [-0.39, 0.29) is 0 Å². The molecule has 0 bridgehead atoms. The van der Waals surface area contributed by atoms with E-state index in [4.69, 9.17) is 9.47 Å². The molecule has 0 atom stereocenters. The Bertz CT molecular complexity index is 652. The number of ether oxygens (including phenoxy) is 2. The third-order valence-corrected chi connectivity index (χ3v) is 3.17. The van der Waals surface area contributed by atoms with Crippen LogP contribution in [0.25, 0.3) is 0 Å². The number of aromatic amines is 1. The van der Waals surface area contributed by atoms with E-state index in [2.05, 4.69) is 31.1 Å². The van der Waals surface area contributed by atoms with Crippen molar-refractivity contribution in [2.75, 3.05) is 14.2 Å². The number of aromatic nitrogens is 2. The summed E-state index contributed by atoms with van der Waals surface area (Å²) in [6, 6.07) is 5.25. The summed E-state index contributed by atoms with van der Waals surface area (Å²) in [5, 5.41) is 6.32. The van der Waals surface area contributed by atoms with Crippen molar-refractivity contribution >= 4 is 28.1 Å². The lowest BCUT2D eigenvalue weighted by Gasteiger charge is -2.06. The van der Waals surface area contributed by atoms with Gasteiger partial charge in [0.2, 0.25) is 0 Å². The molecule has 0 saturated carbocycles. The van der Waals surface area contributed by atoms with E-state index >= 15 is 0 Å². The van der Waals surface area contributed by atoms with Crippen LogP contribution in [0.2, 0.25) is 0 Å². The fourth-order valence-corrected chi connectivity index (χ4v) is 1.92. The van der Waals surface area contributed by atoms with Gasteiger partial charge >= 0.3 is 0 Å². The number of halogens is 1. The van der Waals surface area contributed by atoms with Crippen molar-refractivity contribution in [3.05, 3.63) is 40.1 Å². The summed E-state index contributed by atoms with van der Waals surface area (Å²) in [5.74, 6) is 0.827. The van der Waals surface area contributed by atoms with Gasteiger partial charge in [0.25, 0.3) is 5.91 Å². The van der Waals surface area contributed by atoms with Crippen LogP contribution in [0.1, 0.15) is 16.1 Å². The molecule has 1 N–H and O–H groups in total. The molecule has 0 spiro atoms. The second-order valence-corrected chi connectivity index (χ2v) is 4.62. The van der Waals surface area contributed by atoms with Gasteiger partial charge in [0.15, 0.2) is 0 Å². The van der Waals surface area contributed by atoms with Crippen LogP contribution in [0.15, 0.2) is 33.9 Å². The molecule has 0 radical (unpaired) electrons. The maximum absolute atomic E-state index is 11.9. The average molecular weight is 338 g/mol. The van der Waals surface area contributed by atoms with E-state index in [1.165, 1.54) is 12.4 Å². The highest BCUT2D eigenvalue weighted by molar-refractivity contribution is 9.10. The number of methoxy groups -OCH3 is 2. The summed E-state index contributed by atoms with van der Waals surface area (Å²) in [6.07, 6.45) is 2.92. The van der Waals surface area contributed by atoms with Gasteiger partial charge in [0.05, 0.1) is 24.9 Å². The van der Waals surface area contributed by atoms with Crippen LogP contribution < -0.4 is 9.47 Å². The zero-order chi connectivity index (χ0) is 14.5. The largest absolute Gasteiger partial charge is 0.497 e. The zero-order valence-corrected chi connectivity index (χ0v) is 12.5. The van der Waals surface area contributed by atoms with Crippen molar-refractivity contribution in [2.45, 2.75) is 0 Å². The normalized spacial score (nSPS) is 10.8. The summed E-state index contributed by atoms with van der Waals surface area (Å²) in [5.41, 5.74) is 0.943. The van der Waals surface area contributed by atoms with E-state index in [0.29, 0.717) is 27.2 Å². The molecular weight excluding hydrogens is 326 g/mol. The zero-order valence-electron chi connectivity index (χ0n) is 10.9. The first kappa shape index (κ1) is 14.3. The van der Waals surface area contributed by atoms with E-state index in [9.17, 15) is 4.79 Å². The molecule has 0 aliphatic carbocycles. The highest BCUT2D eigenvalue weighted by Crippen LogP contribution is 2.22. The summed E-state index contributed by atoms with van der Waals surface area (Å²) in [4.78, 5) is 15.8. The van der Waals surface area contributed by atoms with Gasteiger partial charge in [-0.2, -0.15) is 5.10 Å². The molecule has 1 heterocycles. The number of nitrogens with zero attached hydrogens (tertiary/aromatic N) is 2. The highest BCUT2D eigenvalue weighted by atomic mass is 79.9. The highest BCUT2D eigenvalue weighted by Gasteiger charge is 2.10. The van der Waals surface area contributed by atoms with E-state index in [0.717, 1.165) is 0 Å². The minimum atomic E-state index is -0.431. The smallest absolute Gasteiger partial charge is 0.296 e. The summed E-state index contributed by atoms with van der Waals surface area (Å²) in [6.45, 7) is 0. The Morgan fingerprint density at radius 1 is 1.40 bits per heavy atom. The molecule has 7 heteroatoms. The number of hydrogen-bond acceptors (Lipinski definition) is 4. The average Bonchev–Trinajstić information content (AvgIpc) is 2.90. The summed E-state index contributed by atoms with van der Waals surface area (Å²) < 4.78 is 10.9. The minimum Gasteiger partial charge on any atom is -0.497 e. The monoisotopic (exact) mass is 337 g/mol. The third kappa shape index (κ3) is 3.05. The number of rotatable bonds is 4. The number of benzene rings is 1. The molecule has 2 aromatic rings. The molecule has 20 heavy (non-hydrogen) atoms. The van der Waals surface area contributed by atoms with Crippen LogP contribution in [0.5, 0.6) is 11.5 Å². The molecule has 1 aromatic heterocycles. The Kier molecular flexibility index (Phi) is 4.52. The predicted molar refractivity (Wildman–Crippen MR) is 77.8 cm³/mol. The first-order valence-corrected chi connectivity index (χ1v) is 6.44. The lowest BCUT2D eigenvalue weighted by atomic mass is 10.2. The van der Waals surface area contributed by atoms with Crippen molar-refractivity contribution in [1.82, 2.24) is 10.2 Å². The topological polar surface area (TPSA) is 76.6 Å². The number of amides is 1. The van der Waals surface area contributed by atoms with Gasteiger partial charge in [-0.3, -0.25) is 9.89 Å². The molecule has 0 saturated heterocycles. The van der Waals surface area contributed by atoms with Crippen molar-refractivity contribution in [2.24, 2.45) is 4.99 Å². The van der Waals surface area contributed by atoms with E-state index in [1.54, 1.807) is 32.4 Å². The molecule has 6 nitrogen and oxygen atoms in total. The van der Waals surface area contributed by atoms with Crippen molar-refractivity contribution in [3.63, 3.8) is 0 Å². The van der Waals surface area contributed by atoms with Crippen molar-refractivity contribution in [3.8, 4) is 11.5 Å². The third-order valence-electron chi connectivity index (χ3n) is 2.56. The van der Waals surface area contributed by atoms with Gasteiger partial charge in [0, 0.05) is 11.8 Å². The van der Waals surface area contributed by atoms with Crippen LogP contribution in [-0.4, -0.2) is 36.5 Å². The quantitative estimate of drug-likeness (QED) is 0.869. The molecule has 0 aliphatic heterocycles. The fourth-order valence-electron chi connectivity index (χ4n) is 1.55. The summed E-state index contributed by atoms with van der Waals surface area (Å²) in [7, 11) is 3.11. The van der Waals surface area contributed by atoms with E-state index in [1.807, 2.05) is 0 Å². The standard InChI is InChI=1S/C13H12BrN3O3/c1-19-9-3-4-11(20-2)8(5-9)6-15-13(18)12-10(14)7-16-17-12/h3-7H,1-2H3,(H,16,17). The van der Waals surface area contributed by atoms with Crippen LogP contribution >= 0.6 is 15.9 Å². The minimum absolute atomic E-state index is 0.295. The van der Waals surface area contributed by atoms with Crippen LogP contribution in [0, 0.1) is 0 Å². The number of carbonyl (C=O) groups is 1. The maximum atomic E-state index is 11.9. The Balaban J connectivity index is 2.27. The van der Waals surface area contributed by atoms with E-state index < -0.39 is 5.91 Å². The first-order chi connectivity index (χ1) is 9.65. The van der Waals surface area contributed by atoms with Gasteiger partial charge in [-0.1, -0.05) is 0 Å². The second kappa shape index (κ2) is 6.33. The lowest BCUT2D eigenvalue weighted by molar-refractivity contribution is 0.0998. The van der Waals surface area contributed by atoms with Gasteiger partial charge in [-0.05, 0) is 34.1 Å². The molecular formula is C13H12BrN3O3. The Morgan fingerprint density at radius 2 is 2.20 bits per heavy atom. The number of carbonyl (C=O) groups excluding carboxylic acids is 1. The number of hydrogen-bond donors (Lipinski definition) is 1. The molecule has 0 aliphatic rings. The number of aliphatic imine (C=N–C) groups is 1. The molecule has 104 valence electrons. The second-order valence-electron chi connectivity index (χ2n) is 3.76. The maximum Gasteiger partial charge on any atom is 0.296 e. The van der Waals surface area contributed by atoms with Crippen molar-refractivity contribution in [1.29, 1.82) is 0 Å². The Morgan fingerprint density at radius 3 is 2.80 bits per heavy atom. The molecule has 1 aromatic carbocycles. The lowest BCUT2D eigenvalue weighted by Crippen LogP contribution is -1.99. The molecule has 2 rings (SSSR count). The van der Waals surface area contributed by atoms with Crippen LogP contribution in [0.3, 0.4) is 0 Å². The van der Waals surface area contributed by atoms with Gasteiger partial charge in [-0.25, -0.2) is 4.99 Å². The Labute approximate surface area is 123 Å². The SMILES string of the molecule is COc1ccc(OC)c(C=NC(=O)c2[nH]ncc2Br)c1. The number of H-pyrrole nitrogens is 1. The van der Waals surface area contributed by atoms with Gasteiger partial charge in [-0.15, -0.1) is 0 Å². The Hall–Kier alpha value is -2.15. The molecule has 1 amide bonds. The first-order valence-electron chi connectivity index (χ1n) is 5.65. The summed E-state index contributed by atoms with van der Waals surface area (Å²) >= 11 is 3.21. The molecule has 0 unspecified atom stereocenters. The van der Waals surface area contributed by atoms with Crippen molar-refractivity contribution < 1.29 is 14.3 Å². The van der Waals surface area contributed by atoms with Crippen LogP contribution in [-0.2, 0) is 0 Å². The number of nitrogens with one attached hydrogen (secondary N) is 1. The fraction of sp³-hybridized carbons (Fsp3) is 0.154. The van der Waals surface area contributed by atoms with Gasteiger partial charge in [0.1, 0.15) is 17.2 Å². The van der Waals surface area contributed by atoms with Crippen LogP contribution in [0.4, 0.5) is 0 Å².